The number of carbonyl (C=O) groups is 3. The predicted octanol–water partition coefficient (Wildman–Crippen LogP) is 2.64. The zero-order valence-corrected chi connectivity index (χ0v) is 17.2. The van der Waals surface area contributed by atoms with Gasteiger partial charge in [-0.05, 0) is 37.8 Å². The van der Waals surface area contributed by atoms with Crippen LogP contribution < -0.4 is 0 Å². The summed E-state index contributed by atoms with van der Waals surface area (Å²) in [6, 6.07) is 4.79. The molecule has 1 aliphatic carbocycles. The molecule has 0 radical (unpaired) electrons. The van der Waals surface area contributed by atoms with Gasteiger partial charge >= 0.3 is 6.18 Å². The number of nitrogens with zero attached hydrogens (tertiary/aromatic N) is 3. The van der Waals surface area contributed by atoms with Crippen LogP contribution in [0.1, 0.15) is 41.6 Å². The molecule has 0 atom stereocenters. The van der Waals surface area contributed by atoms with E-state index < -0.39 is 17.6 Å². The first-order valence-corrected chi connectivity index (χ1v) is 10.8. The van der Waals surface area contributed by atoms with Gasteiger partial charge in [0.2, 0.25) is 11.8 Å². The number of alkyl halides is 3. The van der Waals surface area contributed by atoms with Gasteiger partial charge < -0.3 is 14.7 Å². The number of halogens is 3. The molecule has 4 rings (SSSR count). The molecule has 2 saturated heterocycles. The molecule has 3 amide bonds. The second-order valence-electron chi connectivity index (χ2n) is 8.53. The van der Waals surface area contributed by atoms with E-state index >= 15 is 0 Å². The fourth-order valence-electron chi connectivity index (χ4n) is 4.41. The van der Waals surface area contributed by atoms with Crippen molar-refractivity contribution in [3.63, 3.8) is 0 Å². The number of carbonyl (C=O) groups excluding carboxylic acids is 3. The fourth-order valence-corrected chi connectivity index (χ4v) is 4.41. The lowest BCUT2D eigenvalue weighted by molar-refractivity contribution is -0.142. The fraction of sp³-hybridized carbons (Fsp3) is 0.591. The molecule has 0 N–H and O–H groups in total. The maximum absolute atomic E-state index is 13.2. The molecule has 168 valence electrons. The number of piperazine rings is 1. The number of hydrogen-bond donors (Lipinski definition) is 0. The van der Waals surface area contributed by atoms with E-state index in [-0.39, 0.29) is 42.3 Å². The van der Waals surface area contributed by atoms with Gasteiger partial charge in [0.25, 0.3) is 5.91 Å². The van der Waals surface area contributed by atoms with E-state index in [1.54, 1.807) is 4.90 Å². The van der Waals surface area contributed by atoms with Crippen LogP contribution in [-0.2, 0) is 15.8 Å². The Hall–Kier alpha value is -2.58. The van der Waals surface area contributed by atoms with Crippen molar-refractivity contribution < 1.29 is 27.6 Å². The summed E-state index contributed by atoms with van der Waals surface area (Å²) >= 11 is 0. The Morgan fingerprint density at radius 2 is 1.19 bits per heavy atom. The predicted molar refractivity (Wildman–Crippen MR) is 106 cm³/mol. The average molecular weight is 437 g/mol. The maximum Gasteiger partial charge on any atom is 0.417 e. The Balaban J connectivity index is 1.30. The van der Waals surface area contributed by atoms with Crippen LogP contribution in [0.5, 0.6) is 0 Å². The molecule has 9 heteroatoms. The van der Waals surface area contributed by atoms with Crippen LogP contribution >= 0.6 is 0 Å². The number of rotatable bonds is 3. The molecule has 1 aromatic carbocycles. The van der Waals surface area contributed by atoms with E-state index in [1.807, 2.05) is 4.90 Å². The summed E-state index contributed by atoms with van der Waals surface area (Å²) in [7, 11) is 0. The summed E-state index contributed by atoms with van der Waals surface area (Å²) in [6.45, 7) is 2.21. The van der Waals surface area contributed by atoms with Gasteiger partial charge in [0.05, 0.1) is 11.1 Å². The molecule has 1 saturated carbocycles. The molecule has 3 aliphatic rings. The number of amides is 3. The highest BCUT2D eigenvalue weighted by Crippen LogP contribution is 2.34. The Morgan fingerprint density at radius 1 is 0.710 bits per heavy atom. The van der Waals surface area contributed by atoms with Crippen molar-refractivity contribution >= 4 is 17.7 Å². The second kappa shape index (κ2) is 8.51. The number of likely N-dealkylation sites (tertiary alicyclic amines) is 1. The van der Waals surface area contributed by atoms with Crippen LogP contribution in [0, 0.1) is 11.8 Å². The molecular weight excluding hydrogens is 411 g/mol. The minimum Gasteiger partial charge on any atom is -0.342 e. The van der Waals surface area contributed by atoms with E-state index in [0.717, 1.165) is 18.9 Å². The van der Waals surface area contributed by atoms with E-state index in [4.69, 9.17) is 0 Å². The third-order valence-corrected chi connectivity index (χ3v) is 6.42. The lowest BCUT2D eigenvalue weighted by Crippen LogP contribution is -2.53. The van der Waals surface area contributed by atoms with E-state index in [9.17, 15) is 27.6 Å². The molecular formula is C22H26F3N3O3. The van der Waals surface area contributed by atoms with Crippen LogP contribution in [-0.4, -0.2) is 71.7 Å². The average Bonchev–Trinajstić information content (AvgIpc) is 3.63. The zero-order chi connectivity index (χ0) is 22.2. The molecule has 2 aliphatic heterocycles. The SMILES string of the molecule is O=C(c1ccccc1C(F)(F)F)N1CCN(C(=O)C2CCN(C(=O)C3CC3)CC2)CC1. The Kier molecular flexibility index (Phi) is 5.94. The summed E-state index contributed by atoms with van der Waals surface area (Å²) in [5.74, 6) is -0.401. The van der Waals surface area contributed by atoms with Crippen molar-refractivity contribution in [1.29, 1.82) is 0 Å². The van der Waals surface area contributed by atoms with Gasteiger partial charge in [0.15, 0.2) is 0 Å². The van der Waals surface area contributed by atoms with Gasteiger partial charge in [0.1, 0.15) is 0 Å². The minimum absolute atomic E-state index is 0.0151. The standard InChI is InChI=1S/C22H26F3N3O3/c23-22(24,25)18-4-2-1-3-17(18)21(31)28-13-11-27(12-14-28)20(30)16-7-9-26(10-8-16)19(29)15-5-6-15/h1-4,15-16H,5-14H2. The van der Waals surface area contributed by atoms with Crippen molar-refractivity contribution in [3.8, 4) is 0 Å². The van der Waals surface area contributed by atoms with Crippen molar-refractivity contribution in [2.45, 2.75) is 31.9 Å². The van der Waals surface area contributed by atoms with Crippen molar-refractivity contribution in [1.82, 2.24) is 14.7 Å². The van der Waals surface area contributed by atoms with Crippen LogP contribution in [0.3, 0.4) is 0 Å². The molecule has 6 nitrogen and oxygen atoms in total. The lowest BCUT2D eigenvalue weighted by atomic mass is 9.94. The van der Waals surface area contributed by atoms with Crippen LogP contribution in [0.4, 0.5) is 13.2 Å². The quantitative estimate of drug-likeness (QED) is 0.731. The smallest absolute Gasteiger partial charge is 0.342 e. The van der Waals surface area contributed by atoms with E-state index in [0.29, 0.717) is 39.0 Å². The zero-order valence-electron chi connectivity index (χ0n) is 17.2. The topological polar surface area (TPSA) is 60.9 Å². The van der Waals surface area contributed by atoms with Gasteiger partial charge in [-0.2, -0.15) is 13.2 Å². The molecule has 1 aromatic rings. The number of piperidine rings is 1. The normalized spacial score (nSPS) is 20.7. The van der Waals surface area contributed by atoms with Gasteiger partial charge in [-0.15, -0.1) is 0 Å². The second-order valence-corrected chi connectivity index (χ2v) is 8.53. The maximum atomic E-state index is 13.2. The molecule has 0 unspecified atom stereocenters. The summed E-state index contributed by atoms with van der Waals surface area (Å²) in [6.07, 6.45) is -1.40. The largest absolute Gasteiger partial charge is 0.417 e. The molecule has 0 bridgehead atoms. The summed E-state index contributed by atoms with van der Waals surface area (Å²) < 4.78 is 39.7. The highest BCUT2D eigenvalue weighted by molar-refractivity contribution is 5.96. The molecule has 0 aromatic heterocycles. The Morgan fingerprint density at radius 3 is 1.74 bits per heavy atom. The monoisotopic (exact) mass is 437 g/mol. The third kappa shape index (κ3) is 4.70. The first-order chi connectivity index (χ1) is 14.8. The molecule has 31 heavy (non-hydrogen) atoms. The Bertz CT molecular complexity index is 853. The number of hydrogen-bond acceptors (Lipinski definition) is 3. The summed E-state index contributed by atoms with van der Waals surface area (Å²) in [5, 5.41) is 0. The molecule has 2 heterocycles. The van der Waals surface area contributed by atoms with Crippen molar-refractivity contribution in [2.75, 3.05) is 39.3 Å². The van der Waals surface area contributed by atoms with Crippen LogP contribution in [0.15, 0.2) is 24.3 Å². The van der Waals surface area contributed by atoms with Gasteiger partial charge in [-0.3, -0.25) is 14.4 Å². The van der Waals surface area contributed by atoms with E-state index in [2.05, 4.69) is 0 Å². The van der Waals surface area contributed by atoms with Crippen molar-refractivity contribution in [2.24, 2.45) is 11.8 Å². The van der Waals surface area contributed by atoms with Crippen LogP contribution in [0.2, 0.25) is 0 Å². The van der Waals surface area contributed by atoms with Gasteiger partial charge in [0, 0.05) is 51.1 Å². The summed E-state index contributed by atoms with van der Waals surface area (Å²) in [5.41, 5.74) is -1.30. The Labute approximate surface area is 179 Å². The number of benzene rings is 1. The first kappa shape index (κ1) is 21.6. The first-order valence-electron chi connectivity index (χ1n) is 10.8. The lowest BCUT2D eigenvalue weighted by Gasteiger charge is -2.38. The third-order valence-electron chi connectivity index (χ3n) is 6.42. The van der Waals surface area contributed by atoms with Gasteiger partial charge in [-0.25, -0.2) is 0 Å². The van der Waals surface area contributed by atoms with Crippen molar-refractivity contribution in [3.05, 3.63) is 35.4 Å². The highest BCUT2D eigenvalue weighted by Gasteiger charge is 2.39. The van der Waals surface area contributed by atoms with Crippen LogP contribution in [0.25, 0.3) is 0 Å². The summed E-state index contributed by atoms with van der Waals surface area (Å²) in [4.78, 5) is 42.7. The van der Waals surface area contributed by atoms with Gasteiger partial charge in [-0.1, -0.05) is 12.1 Å². The minimum atomic E-state index is -4.60. The molecule has 3 fully saturated rings. The molecule has 0 spiro atoms. The highest BCUT2D eigenvalue weighted by atomic mass is 19.4. The van der Waals surface area contributed by atoms with E-state index in [1.165, 1.54) is 23.1 Å².